The second-order valence-corrected chi connectivity index (χ2v) is 3.45. The minimum Gasteiger partial charge on any atom is -0.479 e. The Morgan fingerprint density at radius 2 is 2.18 bits per heavy atom. The number of carbonyl (C=O) groups excluding carboxylic acids is 1. The van der Waals surface area contributed by atoms with Gasteiger partial charge in [-0.2, -0.15) is 0 Å². The largest absolute Gasteiger partial charge is 0.479 e. The summed E-state index contributed by atoms with van der Waals surface area (Å²) in [5.41, 5.74) is 5.38. The summed E-state index contributed by atoms with van der Waals surface area (Å²) in [4.78, 5) is 11.5. The van der Waals surface area contributed by atoms with Crippen molar-refractivity contribution in [1.29, 1.82) is 0 Å². The van der Waals surface area contributed by atoms with Crippen molar-refractivity contribution in [2.75, 3.05) is 12.3 Å². The van der Waals surface area contributed by atoms with Crippen LogP contribution in [-0.4, -0.2) is 18.7 Å². The van der Waals surface area contributed by atoms with Crippen molar-refractivity contribution in [3.63, 3.8) is 0 Å². The molecule has 94 valence electrons. The second-order valence-electron chi connectivity index (χ2n) is 3.45. The maximum atomic E-state index is 13.2. The fourth-order valence-electron chi connectivity index (χ4n) is 1.28. The molecule has 1 aromatic carbocycles. The topological polar surface area (TPSA) is 61.5 Å². The number of ether oxygens (including phenoxy) is 2. The summed E-state index contributed by atoms with van der Waals surface area (Å²) >= 11 is 0. The van der Waals surface area contributed by atoms with Crippen LogP contribution in [0.4, 0.5) is 10.1 Å². The molecule has 1 atom stereocenters. The maximum absolute atomic E-state index is 13.2. The lowest BCUT2D eigenvalue weighted by Crippen LogP contribution is -2.28. The quantitative estimate of drug-likeness (QED) is 0.633. The van der Waals surface area contributed by atoms with Gasteiger partial charge >= 0.3 is 5.97 Å². The fraction of sp³-hybridized carbons (Fsp3) is 0.417. The predicted molar refractivity (Wildman–Crippen MR) is 62.2 cm³/mol. The van der Waals surface area contributed by atoms with Crippen molar-refractivity contribution >= 4 is 11.7 Å². The normalized spacial score (nSPS) is 11.9. The van der Waals surface area contributed by atoms with Crippen molar-refractivity contribution in [1.82, 2.24) is 0 Å². The van der Waals surface area contributed by atoms with Crippen LogP contribution in [0.1, 0.15) is 20.3 Å². The molecule has 0 saturated carbocycles. The Bertz CT molecular complexity index is 395. The Morgan fingerprint density at radius 3 is 2.71 bits per heavy atom. The minimum absolute atomic E-state index is 0.0431. The van der Waals surface area contributed by atoms with Gasteiger partial charge in [-0.05, 0) is 25.5 Å². The molecule has 0 aliphatic rings. The van der Waals surface area contributed by atoms with Crippen molar-refractivity contribution < 1.29 is 18.7 Å². The molecule has 0 saturated heterocycles. The lowest BCUT2D eigenvalue weighted by Gasteiger charge is -2.16. The van der Waals surface area contributed by atoms with Gasteiger partial charge in [-0.25, -0.2) is 9.18 Å². The van der Waals surface area contributed by atoms with E-state index in [0.717, 1.165) is 6.07 Å². The molecule has 1 aromatic rings. The maximum Gasteiger partial charge on any atom is 0.347 e. The van der Waals surface area contributed by atoms with E-state index >= 15 is 0 Å². The molecule has 0 aromatic heterocycles. The van der Waals surface area contributed by atoms with E-state index < -0.39 is 17.9 Å². The molecule has 0 radical (unpaired) electrons. The number of hydrogen-bond donors (Lipinski definition) is 1. The van der Waals surface area contributed by atoms with E-state index in [4.69, 9.17) is 15.2 Å². The van der Waals surface area contributed by atoms with Crippen LogP contribution in [0.3, 0.4) is 0 Å². The highest BCUT2D eigenvalue weighted by atomic mass is 19.1. The zero-order valence-corrected chi connectivity index (χ0v) is 9.90. The summed E-state index contributed by atoms with van der Waals surface area (Å²) in [6.07, 6.45) is -0.275. The summed E-state index contributed by atoms with van der Waals surface area (Å²) in [7, 11) is 0. The lowest BCUT2D eigenvalue weighted by molar-refractivity contribution is -0.151. The van der Waals surface area contributed by atoms with Gasteiger partial charge in [0.25, 0.3) is 0 Å². The Balaban J connectivity index is 2.73. The van der Waals surface area contributed by atoms with Gasteiger partial charge in [0.1, 0.15) is 11.6 Å². The van der Waals surface area contributed by atoms with Crippen LogP contribution in [0, 0.1) is 5.82 Å². The summed E-state index contributed by atoms with van der Waals surface area (Å²) in [5, 5.41) is 0. The van der Waals surface area contributed by atoms with Crippen LogP contribution in [0.25, 0.3) is 0 Å². The molecule has 0 heterocycles. The average Bonchev–Trinajstić information content (AvgIpc) is 2.30. The number of benzene rings is 1. The smallest absolute Gasteiger partial charge is 0.347 e. The van der Waals surface area contributed by atoms with E-state index in [2.05, 4.69) is 0 Å². The molecule has 0 fully saturated rings. The highest BCUT2D eigenvalue weighted by Gasteiger charge is 2.19. The number of rotatable bonds is 5. The molecule has 1 rings (SSSR count). The van der Waals surface area contributed by atoms with E-state index in [9.17, 15) is 9.18 Å². The third kappa shape index (κ3) is 3.62. The van der Waals surface area contributed by atoms with E-state index in [-0.39, 0.29) is 18.0 Å². The van der Waals surface area contributed by atoms with E-state index in [1.165, 1.54) is 12.1 Å². The zero-order valence-electron chi connectivity index (χ0n) is 9.90. The number of nitrogen functional groups attached to an aromatic ring is 1. The van der Waals surface area contributed by atoms with Gasteiger partial charge < -0.3 is 15.2 Å². The minimum atomic E-state index is -0.724. The summed E-state index contributed by atoms with van der Waals surface area (Å²) in [6, 6.07) is 4.06. The predicted octanol–water partition coefficient (Wildman–Crippen LogP) is 2.13. The van der Waals surface area contributed by atoms with Gasteiger partial charge in [-0.1, -0.05) is 6.92 Å². The molecule has 17 heavy (non-hydrogen) atoms. The first kappa shape index (κ1) is 13.3. The molecule has 4 nitrogen and oxygen atoms in total. The zero-order chi connectivity index (χ0) is 12.8. The van der Waals surface area contributed by atoms with Crippen molar-refractivity contribution in [3.8, 4) is 5.75 Å². The van der Waals surface area contributed by atoms with E-state index in [1.807, 2.05) is 0 Å². The molecular formula is C12H16FNO3. The van der Waals surface area contributed by atoms with Crippen LogP contribution in [0.5, 0.6) is 5.75 Å². The Hall–Kier alpha value is -1.78. The fourth-order valence-corrected chi connectivity index (χ4v) is 1.28. The molecule has 2 N–H and O–H groups in total. The van der Waals surface area contributed by atoms with Crippen molar-refractivity contribution in [3.05, 3.63) is 24.0 Å². The lowest BCUT2D eigenvalue weighted by atomic mass is 10.2. The second kappa shape index (κ2) is 6.08. The highest BCUT2D eigenvalue weighted by molar-refractivity contribution is 5.75. The number of halogens is 1. The molecular weight excluding hydrogens is 225 g/mol. The monoisotopic (exact) mass is 241 g/mol. The summed E-state index contributed by atoms with van der Waals surface area (Å²) in [6.45, 7) is 3.79. The van der Waals surface area contributed by atoms with E-state index in [0.29, 0.717) is 6.42 Å². The van der Waals surface area contributed by atoms with Crippen molar-refractivity contribution in [2.24, 2.45) is 0 Å². The third-order valence-electron chi connectivity index (χ3n) is 2.17. The first-order valence-corrected chi connectivity index (χ1v) is 5.46. The standard InChI is InChI=1S/C12H16FNO3/c1-3-11(12(15)16-4-2)17-8-5-6-10(14)9(13)7-8/h5-7,11H,3-4,14H2,1-2H3. The number of anilines is 1. The van der Waals surface area contributed by atoms with Crippen LogP contribution in [0.15, 0.2) is 18.2 Å². The first-order valence-electron chi connectivity index (χ1n) is 5.46. The van der Waals surface area contributed by atoms with Gasteiger partial charge in [-0.3, -0.25) is 0 Å². The number of carbonyl (C=O) groups is 1. The third-order valence-corrected chi connectivity index (χ3v) is 2.17. The van der Waals surface area contributed by atoms with E-state index in [1.54, 1.807) is 13.8 Å². The number of nitrogens with two attached hydrogens (primary N) is 1. The Labute approximate surface area is 99.5 Å². The number of esters is 1. The Kier molecular flexibility index (Phi) is 4.75. The van der Waals surface area contributed by atoms with Gasteiger partial charge in [0.2, 0.25) is 0 Å². The highest BCUT2D eigenvalue weighted by Crippen LogP contribution is 2.20. The molecule has 1 unspecified atom stereocenters. The van der Waals surface area contributed by atoms with Gasteiger partial charge in [0.15, 0.2) is 6.10 Å². The molecule has 0 aliphatic carbocycles. The first-order chi connectivity index (χ1) is 8.08. The summed E-state index contributed by atoms with van der Waals surface area (Å²) < 4.78 is 23.3. The number of hydrogen-bond acceptors (Lipinski definition) is 4. The van der Waals surface area contributed by atoms with Crippen LogP contribution in [-0.2, 0) is 9.53 Å². The van der Waals surface area contributed by atoms with Crippen LogP contribution in [0.2, 0.25) is 0 Å². The molecule has 5 heteroatoms. The molecule has 0 amide bonds. The molecule has 0 aliphatic heterocycles. The Morgan fingerprint density at radius 1 is 1.47 bits per heavy atom. The van der Waals surface area contributed by atoms with Gasteiger partial charge in [-0.15, -0.1) is 0 Å². The van der Waals surface area contributed by atoms with Gasteiger partial charge in [0, 0.05) is 6.07 Å². The van der Waals surface area contributed by atoms with Gasteiger partial charge in [0.05, 0.1) is 12.3 Å². The van der Waals surface area contributed by atoms with Crippen LogP contribution >= 0.6 is 0 Å². The molecule has 0 bridgehead atoms. The molecule has 0 spiro atoms. The summed E-state index contributed by atoms with van der Waals surface area (Å²) in [5.74, 6) is -0.759. The van der Waals surface area contributed by atoms with Crippen molar-refractivity contribution in [2.45, 2.75) is 26.4 Å². The SMILES string of the molecule is CCOC(=O)C(CC)Oc1ccc(N)c(F)c1. The van der Waals surface area contributed by atoms with Crippen LogP contribution < -0.4 is 10.5 Å². The average molecular weight is 241 g/mol.